The molecule has 0 spiro atoms. The molecule has 1 N–H and O–H groups in total. The molecule has 1 amide bonds. The fraction of sp³-hybridized carbons (Fsp3) is 0.414. The van der Waals surface area contributed by atoms with E-state index >= 15 is 0 Å². The molecule has 1 fully saturated rings. The number of carbonyl (C=O) groups is 1. The molecule has 0 bridgehead atoms. The first-order chi connectivity index (χ1) is 18.8. The highest BCUT2D eigenvalue weighted by molar-refractivity contribution is 5.78. The van der Waals surface area contributed by atoms with E-state index in [9.17, 15) is 13.6 Å². The van der Waals surface area contributed by atoms with Crippen LogP contribution in [0.25, 0.3) is 11.3 Å². The van der Waals surface area contributed by atoms with E-state index in [1.165, 1.54) is 6.07 Å². The molecule has 0 aliphatic carbocycles. The Morgan fingerprint density at radius 3 is 2.49 bits per heavy atom. The zero-order valence-electron chi connectivity index (χ0n) is 22.6. The summed E-state index contributed by atoms with van der Waals surface area (Å²) in [5.41, 5.74) is 3.09. The van der Waals surface area contributed by atoms with Crippen LogP contribution < -0.4 is 19.9 Å². The molecule has 206 valence electrons. The van der Waals surface area contributed by atoms with Crippen molar-refractivity contribution in [3.63, 3.8) is 0 Å². The summed E-state index contributed by atoms with van der Waals surface area (Å²) in [5, 5.41) is 2.91. The van der Waals surface area contributed by atoms with Gasteiger partial charge in [-0.1, -0.05) is 12.1 Å². The highest BCUT2D eigenvalue weighted by Crippen LogP contribution is 2.39. The van der Waals surface area contributed by atoms with Gasteiger partial charge in [0.2, 0.25) is 5.91 Å². The fourth-order valence-corrected chi connectivity index (χ4v) is 5.15. The van der Waals surface area contributed by atoms with Gasteiger partial charge in [0.25, 0.3) is 0 Å². The van der Waals surface area contributed by atoms with Crippen LogP contribution in [0.3, 0.4) is 0 Å². The van der Waals surface area contributed by atoms with Gasteiger partial charge in [0.15, 0.2) is 17.4 Å². The smallest absolute Gasteiger partial charge is 0.236 e. The molecule has 3 aromatic rings. The quantitative estimate of drug-likeness (QED) is 0.496. The van der Waals surface area contributed by atoms with E-state index in [4.69, 9.17) is 4.74 Å². The molecule has 5 rings (SSSR count). The lowest BCUT2D eigenvalue weighted by atomic mass is 10.1. The highest BCUT2D eigenvalue weighted by atomic mass is 19.1. The summed E-state index contributed by atoms with van der Waals surface area (Å²) < 4.78 is 35.4. The van der Waals surface area contributed by atoms with E-state index in [0.29, 0.717) is 56.3 Å². The average molecular weight is 537 g/mol. The Labute approximate surface area is 227 Å². The number of benzene rings is 2. The van der Waals surface area contributed by atoms with Gasteiger partial charge >= 0.3 is 0 Å². The Bertz CT molecular complexity index is 1330. The number of anilines is 2. The Hall–Kier alpha value is -3.79. The Kier molecular flexibility index (Phi) is 7.92. The number of hydrogen-bond donors (Lipinski definition) is 1. The molecule has 2 aliphatic rings. The Morgan fingerprint density at radius 2 is 1.79 bits per heavy atom. The molecule has 3 heterocycles. The first-order valence-electron chi connectivity index (χ1n) is 13.3. The SMILES string of the molecule is CNCC(=O)N1CCN(c2ccc(Cc3ncc(F)c(-c4cc(F)c5c(c4)N(C(C)C)CCO5)n3)cc2)CC1. The monoisotopic (exact) mass is 536 g/mol. The molecule has 10 heteroatoms. The summed E-state index contributed by atoms with van der Waals surface area (Å²) in [6.45, 7) is 8.38. The van der Waals surface area contributed by atoms with Crippen LogP contribution in [-0.4, -0.2) is 79.7 Å². The minimum absolute atomic E-state index is 0.0679. The number of aromatic nitrogens is 2. The number of halogens is 2. The predicted molar refractivity (Wildman–Crippen MR) is 147 cm³/mol. The van der Waals surface area contributed by atoms with Crippen molar-refractivity contribution in [3.05, 3.63) is 65.6 Å². The molecular formula is C29H34F2N6O2. The number of rotatable bonds is 7. The molecule has 8 nitrogen and oxygen atoms in total. The van der Waals surface area contributed by atoms with E-state index in [-0.39, 0.29) is 23.4 Å². The summed E-state index contributed by atoms with van der Waals surface area (Å²) >= 11 is 0. The summed E-state index contributed by atoms with van der Waals surface area (Å²) in [7, 11) is 1.77. The third-order valence-corrected chi connectivity index (χ3v) is 7.23. The maximum absolute atomic E-state index is 15.0. The van der Waals surface area contributed by atoms with Crippen LogP contribution >= 0.6 is 0 Å². The van der Waals surface area contributed by atoms with E-state index in [1.807, 2.05) is 47.9 Å². The molecule has 1 aromatic heterocycles. The molecule has 39 heavy (non-hydrogen) atoms. The minimum Gasteiger partial charge on any atom is -0.486 e. The molecule has 0 radical (unpaired) electrons. The predicted octanol–water partition coefficient (Wildman–Crippen LogP) is 3.49. The molecular weight excluding hydrogens is 502 g/mol. The van der Waals surface area contributed by atoms with Crippen molar-refractivity contribution in [1.82, 2.24) is 20.2 Å². The maximum Gasteiger partial charge on any atom is 0.236 e. The van der Waals surface area contributed by atoms with Crippen molar-refractivity contribution >= 4 is 17.3 Å². The van der Waals surface area contributed by atoms with Crippen LogP contribution in [0.1, 0.15) is 25.2 Å². The Balaban J connectivity index is 1.31. The lowest BCUT2D eigenvalue weighted by molar-refractivity contribution is -0.130. The second-order valence-corrected chi connectivity index (χ2v) is 10.2. The third-order valence-electron chi connectivity index (χ3n) is 7.23. The van der Waals surface area contributed by atoms with Crippen molar-refractivity contribution in [2.75, 3.05) is 62.7 Å². The molecule has 2 aromatic carbocycles. The number of nitrogens with one attached hydrogen (secondary N) is 1. The summed E-state index contributed by atoms with van der Waals surface area (Å²) in [4.78, 5) is 27.0. The average Bonchev–Trinajstić information content (AvgIpc) is 2.94. The third kappa shape index (κ3) is 5.80. The van der Waals surface area contributed by atoms with Gasteiger partial charge in [-0.05, 0) is 50.7 Å². The lowest BCUT2D eigenvalue weighted by Gasteiger charge is -2.36. The maximum atomic E-state index is 15.0. The molecule has 1 saturated heterocycles. The Morgan fingerprint density at radius 1 is 1.05 bits per heavy atom. The lowest BCUT2D eigenvalue weighted by Crippen LogP contribution is -2.50. The number of amides is 1. The first kappa shape index (κ1) is 26.8. The largest absolute Gasteiger partial charge is 0.486 e. The van der Waals surface area contributed by atoms with Crippen molar-refractivity contribution in [1.29, 1.82) is 0 Å². The summed E-state index contributed by atoms with van der Waals surface area (Å²) in [6.07, 6.45) is 1.56. The van der Waals surface area contributed by atoms with Gasteiger partial charge in [-0.25, -0.2) is 18.7 Å². The van der Waals surface area contributed by atoms with Crippen LogP contribution in [-0.2, 0) is 11.2 Å². The van der Waals surface area contributed by atoms with Crippen LogP contribution in [0.5, 0.6) is 5.75 Å². The molecule has 2 aliphatic heterocycles. The number of fused-ring (bicyclic) bond motifs is 1. The van der Waals surface area contributed by atoms with Gasteiger partial charge in [0.05, 0.1) is 25.0 Å². The highest BCUT2D eigenvalue weighted by Gasteiger charge is 2.26. The second kappa shape index (κ2) is 11.5. The van der Waals surface area contributed by atoms with Gasteiger partial charge in [0, 0.05) is 49.9 Å². The van der Waals surface area contributed by atoms with Gasteiger partial charge in [-0.2, -0.15) is 0 Å². The fourth-order valence-electron chi connectivity index (χ4n) is 5.15. The topological polar surface area (TPSA) is 73.8 Å². The summed E-state index contributed by atoms with van der Waals surface area (Å²) in [5.74, 6) is -0.371. The van der Waals surface area contributed by atoms with Crippen molar-refractivity contribution < 1.29 is 18.3 Å². The van der Waals surface area contributed by atoms with Crippen molar-refractivity contribution in [3.8, 4) is 17.0 Å². The zero-order valence-corrected chi connectivity index (χ0v) is 22.6. The number of nitrogens with zero attached hydrogens (tertiary/aromatic N) is 5. The van der Waals surface area contributed by atoms with Crippen LogP contribution in [0.15, 0.2) is 42.6 Å². The normalized spacial score (nSPS) is 15.4. The zero-order chi connectivity index (χ0) is 27.5. The number of carbonyl (C=O) groups excluding carboxylic acids is 1. The van der Waals surface area contributed by atoms with Gasteiger partial charge in [-0.15, -0.1) is 0 Å². The van der Waals surface area contributed by atoms with Crippen LogP contribution in [0, 0.1) is 11.6 Å². The van der Waals surface area contributed by atoms with Crippen molar-refractivity contribution in [2.45, 2.75) is 26.3 Å². The number of ether oxygens (including phenoxy) is 1. The first-order valence-corrected chi connectivity index (χ1v) is 13.3. The number of likely N-dealkylation sites (N-methyl/N-ethyl adjacent to an activating group) is 1. The number of hydrogen-bond acceptors (Lipinski definition) is 7. The van der Waals surface area contributed by atoms with Crippen LogP contribution in [0.2, 0.25) is 0 Å². The van der Waals surface area contributed by atoms with E-state index in [0.717, 1.165) is 30.5 Å². The second-order valence-electron chi connectivity index (χ2n) is 10.2. The molecule has 0 saturated carbocycles. The van der Waals surface area contributed by atoms with Gasteiger partial charge in [-0.3, -0.25) is 4.79 Å². The summed E-state index contributed by atoms with van der Waals surface area (Å²) in [6, 6.07) is 11.3. The van der Waals surface area contributed by atoms with E-state index < -0.39 is 11.6 Å². The number of piperazine rings is 1. The standard InChI is InChI=1S/C29H34F2N6O2/c1-19(2)37-12-13-39-29-23(30)15-21(16-25(29)37)28-24(31)17-33-26(34-28)14-20-4-6-22(7-5-20)35-8-10-36(11-9-35)27(38)18-32-3/h4-7,15-17,19,32H,8-14,18H2,1-3H3. The van der Waals surface area contributed by atoms with Gasteiger partial charge in [0.1, 0.15) is 18.1 Å². The van der Waals surface area contributed by atoms with Crippen molar-refractivity contribution in [2.24, 2.45) is 0 Å². The molecule has 0 atom stereocenters. The van der Waals surface area contributed by atoms with Crippen LogP contribution in [0.4, 0.5) is 20.2 Å². The van der Waals surface area contributed by atoms with E-state index in [2.05, 4.69) is 20.2 Å². The van der Waals surface area contributed by atoms with E-state index in [1.54, 1.807) is 13.1 Å². The van der Waals surface area contributed by atoms with Gasteiger partial charge < -0.3 is 24.8 Å². The minimum atomic E-state index is -0.603. The molecule has 0 unspecified atom stereocenters.